The summed E-state index contributed by atoms with van der Waals surface area (Å²) in [6, 6.07) is 0. The third-order valence-corrected chi connectivity index (χ3v) is 11.4. The summed E-state index contributed by atoms with van der Waals surface area (Å²) < 4.78 is 1.88. The molecule has 2 aromatic heterocycles. The van der Waals surface area contributed by atoms with Gasteiger partial charge in [-0.15, -0.1) is 22.7 Å². The number of carbonyl (C=O) groups is 2. The number of fused-ring (bicyclic) bond motifs is 2. The Morgan fingerprint density at radius 2 is 1.11 bits per heavy atom. The predicted octanol–water partition coefficient (Wildman–Crippen LogP) is 9.37. The molecule has 2 aromatic rings. The summed E-state index contributed by atoms with van der Waals surface area (Å²) >= 11 is 10.5. The van der Waals surface area contributed by atoms with Crippen LogP contribution in [0.3, 0.4) is 0 Å². The number of carbonyl (C=O) groups excluding carboxylic acids is 2. The van der Waals surface area contributed by atoms with E-state index in [1.54, 1.807) is 22.7 Å². The molecule has 0 saturated heterocycles. The minimum absolute atomic E-state index is 0.0220. The fraction of sp³-hybridized carbons (Fsp3) is 0.571. The van der Waals surface area contributed by atoms with Crippen molar-refractivity contribution in [2.75, 3.05) is 22.9 Å². The lowest BCUT2D eigenvalue weighted by Crippen LogP contribution is -2.34. The van der Waals surface area contributed by atoms with Crippen LogP contribution in [0.4, 0.5) is 11.4 Å². The number of rotatable bonds is 12. The molecule has 0 aromatic carbocycles. The van der Waals surface area contributed by atoms with E-state index in [1.165, 1.54) is 12.8 Å². The van der Waals surface area contributed by atoms with Crippen molar-refractivity contribution in [3.8, 4) is 0 Å². The van der Waals surface area contributed by atoms with Crippen LogP contribution in [0.2, 0.25) is 0 Å². The Balaban J connectivity index is 1.76. The van der Waals surface area contributed by atoms with Gasteiger partial charge in [0.15, 0.2) is 0 Å². The Bertz CT molecular complexity index is 1060. The second-order valence-electron chi connectivity index (χ2n) is 9.94. The summed E-state index contributed by atoms with van der Waals surface area (Å²) in [5.41, 5.74) is 3.08. The summed E-state index contributed by atoms with van der Waals surface area (Å²) in [4.78, 5) is 33.8. The van der Waals surface area contributed by atoms with Crippen molar-refractivity contribution in [3.63, 3.8) is 0 Å². The van der Waals surface area contributed by atoms with Gasteiger partial charge in [-0.1, -0.05) is 66.2 Å². The lowest BCUT2D eigenvalue weighted by Gasteiger charge is -2.24. The van der Waals surface area contributed by atoms with Gasteiger partial charge in [0.2, 0.25) is 0 Å². The molecule has 0 fully saturated rings. The molecule has 4 heterocycles. The van der Waals surface area contributed by atoms with E-state index in [0.717, 1.165) is 68.6 Å². The van der Waals surface area contributed by atoms with Crippen molar-refractivity contribution in [3.05, 3.63) is 29.5 Å². The van der Waals surface area contributed by atoms with E-state index in [0.29, 0.717) is 36.1 Å². The first-order valence-corrected chi connectivity index (χ1v) is 16.6. The van der Waals surface area contributed by atoms with Crippen molar-refractivity contribution < 1.29 is 9.59 Å². The average molecular weight is 657 g/mol. The molecule has 0 spiro atoms. The fourth-order valence-electron chi connectivity index (χ4n) is 5.33. The summed E-state index contributed by atoms with van der Waals surface area (Å²) in [6.45, 7) is 10.2. The van der Waals surface area contributed by atoms with Gasteiger partial charge in [0.25, 0.3) is 11.8 Å². The molecule has 2 aliphatic heterocycles. The molecule has 8 heteroatoms. The van der Waals surface area contributed by atoms with Crippen molar-refractivity contribution >= 4 is 88.9 Å². The van der Waals surface area contributed by atoms with Crippen molar-refractivity contribution in [1.29, 1.82) is 0 Å². The molecule has 36 heavy (non-hydrogen) atoms. The summed E-state index contributed by atoms with van der Waals surface area (Å²) in [7, 11) is 0. The minimum Gasteiger partial charge on any atom is -0.305 e. The maximum absolute atomic E-state index is 14.1. The maximum Gasteiger partial charge on any atom is 0.260 e. The molecular weight excluding hydrogens is 620 g/mol. The fourth-order valence-corrected chi connectivity index (χ4v) is 8.92. The summed E-state index contributed by atoms with van der Waals surface area (Å²) in [5, 5.41) is 4.11. The molecule has 2 unspecified atom stereocenters. The quantitative estimate of drug-likeness (QED) is 0.214. The normalized spacial score (nSPS) is 18.8. The van der Waals surface area contributed by atoms with E-state index in [4.69, 9.17) is 0 Å². The zero-order valence-corrected chi connectivity index (χ0v) is 26.5. The minimum atomic E-state index is -0.0220. The van der Waals surface area contributed by atoms with Gasteiger partial charge in [-0.3, -0.25) is 9.59 Å². The van der Waals surface area contributed by atoms with E-state index < -0.39 is 0 Å². The first-order valence-electron chi connectivity index (χ1n) is 13.3. The molecule has 0 saturated carbocycles. The highest BCUT2D eigenvalue weighted by molar-refractivity contribution is 9.11. The Morgan fingerprint density at radius 3 is 1.44 bits per heavy atom. The summed E-state index contributed by atoms with van der Waals surface area (Å²) in [5.74, 6) is 0.852. The Labute approximate surface area is 240 Å². The van der Waals surface area contributed by atoms with Gasteiger partial charge in [-0.2, -0.15) is 0 Å². The van der Waals surface area contributed by atoms with Crippen LogP contribution in [0, 0.1) is 11.8 Å². The number of hydrogen-bond donors (Lipinski definition) is 0. The molecule has 2 amide bonds. The predicted molar refractivity (Wildman–Crippen MR) is 162 cm³/mol. The number of amides is 2. The average Bonchev–Trinajstić information content (AvgIpc) is 3.58. The van der Waals surface area contributed by atoms with Gasteiger partial charge in [0.05, 0.1) is 41.2 Å². The molecule has 0 aliphatic carbocycles. The van der Waals surface area contributed by atoms with Crippen molar-refractivity contribution in [2.24, 2.45) is 11.8 Å². The number of anilines is 2. The van der Waals surface area contributed by atoms with Gasteiger partial charge < -0.3 is 9.80 Å². The molecule has 2 atom stereocenters. The standard InChI is InChI=1S/C28H36Br2N2O2S2/c1-5-9-11-17(7-3)13-31-23-19(29)15-35-25(23)21(27(31)33)22-26-24(20(30)16-36-26)32(28(22)34)14-18(8-4)12-10-6-2/h15-18H,5-14H2,1-4H3. The first-order chi connectivity index (χ1) is 17.4. The lowest BCUT2D eigenvalue weighted by atomic mass is 9.98. The Hall–Kier alpha value is -0.960. The topological polar surface area (TPSA) is 40.6 Å². The number of unbranched alkanes of at least 4 members (excludes halogenated alkanes) is 2. The molecule has 4 rings (SSSR count). The third-order valence-electron chi connectivity index (χ3n) is 7.57. The summed E-state index contributed by atoms with van der Waals surface area (Å²) in [6.07, 6.45) is 8.96. The van der Waals surface area contributed by atoms with Crippen LogP contribution in [-0.4, -0.2) is 24.9 Å². The van der Waals surface area contributed by atoms with Gasteiger partial charge in [0, 0.05) is 23.8 Å². The second-order valence-corrected chi connectivity index (χ2v) is 13.4. The van der Waals surface area contributed by atoms with Crippen LogP contribution in [0.1, 0.15) is 88.8 Å². The highest BCUT2D eigenvalue weighted by Gasteiger charge is 2.45. The largest absolute Gasteiger partial charge is 0.305 e. The Kier molecular flexibility index (Phi) is 9.56. The zero-order chi connectivity index (χ0) is 26.0. The van der Waals surface area contributed by atoms with E-state index >= 15 is 0 Å². The monoisotopic (exact) mass is 654 g/mol. The zero-order valence-electron chi connectivity index (χ0n) is 21.7. The van der Waals surface area contributed by atoms with Crippen molar-refractivity contribution in [2.45, 2.75) is 79.1 Å². The Morgan fingerprint density at radius 1 is 0.722 bits per heavy atom. The van der Waals surface area contributed by atoms with E-state index in [-0.39, 0.29) is 11.8 Å². The number of thiophene rings is 2. The van der Waals surface area contributed by atoms with Crippen LogP contribution < -0.4 is 9.80 Å². The van der Waals surface area contributed by atoms with Crippen LogP contribution in [0.15, 0.2) is 19.7 Å². The highest BCUT2D eigenvalue weighted by Crippen LogP contribution is 2.54. The SMILES string of the molecule is CCCCC(CC)CN1C(=O)C(=C2C(=O)N(CC(CC)CCCC)c3c(Br)csc32)c2scc(Br)c21. The molecule has 196 valence electrons. The van der Waals surface area contributed by atoms with Crippen molar-refractivity contribution in [1.82, 2.24) is 0 Å². The second kappa shape index (κ2) is 12.3. The van der Waals surface area contributed by atoms with Crippen LogP contribution in [0.5, 0.6) is 0 Å². The number of hydrogen-bond acceptors (Lipinski definition) is 4. The first kappa shape index (κ1) is 28.1. The molecular formula is C28H36Br2N2O2S2. The van der Waals surface area contributed by atoms with E-state index in [9.17, 15) is 9.59 Å². The maximum atomic E-state index is 14.1. The third kappa shape index (κ3) is 5.16. The number of halogens is 2. The van der Waals surface area contributed by atoms with Gasteiger partial charge in [-0.05, 0) is 56.5 Å². The van der Waals surface area contributed by atoms with Gasteiger partial charge >= 0.3 is 0 Å². The van der Waals surface area contributed by atoms with Crippen LogP contribution in [-0.2, 0) is 9.59 Å². The highest BCUT2D eigenvalue weighted by atomic mass is 79.9. The molecule has 0 radical (unpaired) electrons. The van der Waals surface area contributed by atoms with E-state index in [1.807, 2.05) is 9.80 Å². The van der Waals surface area contributed by atoms with Gasteiger partial charge in [0.1, 0.15) is 0 Å². The van der Waals surface area contributed by atoms with Crippen LogP contribution >= 0.6 is 54.5 Å². The van der Waals surface area contributed by atoms with E-state index in [2.05, 4.69) is 70.3 Å². The number of nitrogens with zero attached hydrogens (tertiary/aromatic N) is 2. The molecule has 0 N–H and O–H groups in total. The molecule has 0 bridgehead atoms. The van der Waals surface area contributed by atoms with Gasteiger partial charge in [-0.25, -0.2) is 0 Å². The van der Waals surface area contributed by atoms with Crippen LogP contribution in [0.25, 0.3) is 11.1 Å². The molecule has 4 nitrogen and oxygen atoms in total. The molecule has 2 aliphatic rings. The lowest BCUT2D eigenvalue weighted by molar-refractivity contribution is -0.114. The smallest absolute Gasteiger partial charge is 0.260 e.